The van der Waals surface area contributed by atoms with Crippen LogP contribution in [0.1, 0.15) is 15.4 Å². The highest BCUT2D eigenvalue weighted by molar-refractivity contribution is 7.19. The van der Waals surface area contributed by atoms with Gasteiger partial charge in [-0.15, -0.1) is 11.3 Å². The number of rotatable bonds is 2. The molecule has 3 aromatic rings. The summed E-state index contributed by atoms with van der Waals surface area (Å²) in [6.07, 6.45) is 0. The Hall–Kier alpha value is -1.78. The fourth-order valence-electron chi connectivity index (χ4n) is 1.94. The molecule has 96 valence electrons. The molecule has 5 heteroatoms. The van der Waals surface area contributed by atoms with Crippen LogP contribution < -0.4 is 5.32 Å². The molecule has 0 fully saturated rings. The average molecular weight is 291 g/mol. The second kappa shape index (κ2) is 4.72. The van der Waals surface area contributed by atoms with Crippen molar-refractivity contribution in [3.05, 3.63) is 52.0 Å². The molecule has 2 aromatic heterocycles. The van der Waals surface area contributed by atoms with Gasteiger partial charge in [-0.25, -0.2) is 0 Å². The molecule has 0 aliphatic rings. The molecular weight excluding hydrogens is 280 g/mol. The third kappa shape index (κ3) is 2.50. The first kappa shape index (κ1) is 12.3. The summed E-state index contributed by atoms with van der Waals surface area (Å²) in [5.74, 6) is -0.164. The number of hydrogen-bond donors (Lipinski definition) is 2. The van der Waals surface area contributed by atoms with Gasteiger partial charge in [0.15, 0.2) is 0 Å². The summed E-state index contributed by atoms with van der Waals surface area (Å²) in [5.41, 5.74) is 2.24. The van der Waals surface area contributed by atoms with Crippen LogP contribution >= 0.6 is 22.9 Å². The van der Waals surface area contributed by atoms with Gasteiger partial charge < -0.3 is 10.3 Å². The minimum atomic E-state index is -0.164. The second-order valence-corrected chi connectivity index (χ2v) is 6.01. The predicted molar refractivity (Wildman–Crippen MR) is 80.3 cm³/mol. The number of H-pyrrole nitrogens is 1. The number of amides is 1. The molecule has 0 atom stereocenters. The van der Waals surface area contributed by atoms with E-state index in [1.165, 1.54) is 4.88 Å². The number of aromatic nitrogens is 1. The Morgan fingerprint density at radius 2 is 2.16 bits per heavy atom. The van der Waals surface area contributed by atoms with E-state index in [4.69, 9.17) is 11.6 Å². The van der Waals surface area contributed by atoms with Crippen molar-refractivity contribution < 1.29 is 4.79 Å². The lowest BCUT2D eigenvalue weighted by Crippen LogP contribution is -2.12. The number of thiophene rings is 1. The molecule has 3 nitrogen and oxygen atoms in total. The van der Waals surface area contributed by atoms with Crippen LogP contribution in [-0.4, -0.2) is 10.9 Å². The number of halogens is 1. The first-order valence-electron chi connectivity index (χ1n) is 5.78. The molecule has 19 heavy (non-hydrogen) atoms. The van der Waals surface area contributed by atoms with Gasteiger partial charge >= 0.3 is 0 Å². The molecule has 0 bridgehead atoms. The highest BCUT2D eigenvalue weighted by Gasteiger charge is 2.11. The summed E-state index contributed by atoms with van der Waals surface area (Å²) in [5, 5.41) is 3.41. The van der Waals surface area contributed by atoms with Crippen molar-refractivity contribution in [2.45, 2.75) is 6.92 Å². The van der Waals surface area contributed by atoms with E-state index < -0.39 is 0 Å². The molecule has 0 saturated heterocycles. The zero-order valence-electron chi connectivity index (χ0n) is 10.2. The Bertz CT molecular complexity index is 728. The Morgan fingerprint density at radius 1 is 1.32 bits per heavy atom. The summed E-state index contributed by atoms with van der Waals surface area (Å²) in [6.45, 7) is 2.05. The van der Waals surface area contributed by atoms with Gasteiger partial charge in [0, 0.05) is 15.6 Å². The van der Waals surface area contributed by atoms with Gasteiger partial charge in [-0.1, -0.05) is 17.7 Å². The topological polar surface area (TPSA) is 44.9 Å². The minimum absolute atomic E-state index is 0.164. The van der Waals surface area contributed by atoms with E-state index in [0.29, 0.717) is 16.4 Å². The third-order valence-electron chi connectivity index (χ3n) is 2.76. The number of hydrogen-bond acceptors (Lipinski definition) is 2. The van der Waals surface area contributed by atoms with E-state index in [1.807, 2.05) is 19.1 Å². The zero-order valence-corrected chi connectivity index (χ0v) is 11.7. The summed E-state index contributed by atoms with van der Waals surface area (Å²) in [4.78, 5) is 16.4. The number of aryl methyl sites for hydroxylation is 1. The zero-order chi connectivity index (χ0) is 13.4. The van der Waals surface area contributed by atoms with Crippen LogP contribution in [-0.2, 0) is 0 Å². The maximum absolute atomic E-state index is 12.1. The van der Waals surface area contributed by atoms with Crippen LogP contribution in [0.3, 0.4) is 0 Å². The number of carbonyl (C=O) groups is 1. The SMILES string of the molecule is Cc1cc2[nH]c(C(=O)Nc3cccc(Cl)c3)cc2s1. The predicted octanol–water partition coefficient (Wildman–Crippen LogP) is 4.44. The smallest absolute Gasteiger partial charge is 0.272 e. The van der Waals surface area contributed by atoms with Crippen LogP contribution in [0.5, 0.6) is 0 Å². The van der Waals surface area contributed by atoms with E-state index in [1.54, 1.807) is 35.6 Å². The molecule has 0 radical (unpaired) electrons. The standard InChI is InChI=1S/C14H11ClN2OS/c1-8-5-11-13(19-8)7-12(17-11)14(18)16-10-4-2-3-9(15)6-10/h2-7,17H,1H3,(H,16,18). The first-order valence-corrected chi connectivity index (χ1v) is 6.97. The molecule has 2 heterocycles. The fraction of sp³-hybridized carbons (Fsp3) is 0.0714. The lowest BCUT2D eigenvalue weighted by Gasteiger charge is -2.03. The third-order valence-corrected chi connectivity index (χ3v) is 3.99. The summed E-state index contributed by atoms with van der Waals surface area (Å²) < 4.78 is 1.09. The average Bonchev–Trinajstić information content (AvgIpc) is 2.86. The Kier molecular flexibility index (Phi) is 3.05. The van der Waals surface area contributed by atoms with Gasteiger partial charge in [0.25, 0.3) is 5.91 Å². The van der Waals surface area contributed by atoms with Gasteiger partial charge in [0.1, 0.15) is 5.69 Å². The van der Waals surface area contributed by atoms with Gasteiger partial charge in [0.2, 0.25) is 0 Å². The molecular formula is C14H11ClN2OS. The van der Waals surface area contributed by atoms with Gasteiger partial charge in [-0.2, -0.15) is 0 Å². The summed E-state index contributed by atoms with van der Waals surface area (Å²) >= 11 is 7.55. The molecule has 3 rings (SSSR count). The largest absolute Gasteiger partial charge is 0.350 e. The van der Waals surface area contributed by atoms with E-state index >= 15 is 0 Å². The van der Waals surface area contributed by atoms with Crippen LogP contribution in [0, 0.1) is 6.92 Å². The molecule has 0 aliphatic carbocycles. The van der Waals surface area contributed by atoms with Crippen molar-refractivity contribution in [3.8, 4) is 0 Å². The lowest BCUT2D eigenvalue weighted by atomic mass is 10.3. The van der Waals surface area contributed by atoms with Crippen molar-refractivity contribution in [1.82, 2.24) is 4.98 Å². The van der Waals surface area contributed by atoms with E-state index in [0.717, 1.165) is 10.2 Å². The van der Waals surface area contributed by atoms with Crippen molar-refractivity contribution in [1.29, 1.82) is 0 Å². The fourth-order valence-corrected chi connectivity index (χ4v) is 3.05. The number of aromatic amines is 1. The normalized spacial score (nSPS) is 10.8. The number of anilines is 1. The summed E-state index contributed by atoms with van der Waals surface area (Å²) in [6, 6.07) is 11.0. The molecule has 1 amide bonds. The maximum atomic E-state index is 12.1. The molecule has 1 aromatic carbocycles. The molecule has 0 spiro atoms. The second-order valence-electron chi connectivity index (χ2n) is 4.28. The molecule has 2 N–H and O–H groups in total. The number of carbonyl (C=O) groups excluding carboxylic acids is 1. The van der Waals surface area contributed by atoms with Gasteiger partial charge in [-0.05, 0) is 37.3 Å². The maximum Gasteiger partial charge on any atom is 0.272 e. The van der Waals surface area contributed by atoms with E-state index in [9.17, 15) is 4.79 Å². The van der Waals surface area contributed by atoms with E-state index in [-0.39, 0.29) is 5.91 Å². The highest BCUT2D eigenvalue weighted by atomic mass is 35.5. The molecule has 0 aliphatic heterocycles. The van der Waals surface area contributed by atoms with Crippen LogP contribution in [0.15, 0.2) is 36.4 Å². The van der Waals surface area contributed by atoms with Crippen LogP contribution in [0.4, 0.5) is 5.69 Å². The minimum Gasteiger partial charge on any atom is -0.350 e. The van der Waals surface area contributed by atoms with Crippen molar-refractivity contribution in [3.63, 3.8) is 0 Å². The Morgan fingerprint density at radius 3 is 2.89 bits per heavy atom. The van der Waals surface area contributed by atoms with Crippen LogP contribution in [0.2, 0.25) is 5.02 Å². The Balaban J connectivity index is 1.85. The summed E-state index contributed by atoms with van der Waals surface area (Å²) in [7, 11) is 0. The van der Waals surface area contributed by atoms with Crippen LogP contribution in [0.25, 0.3) is 10.2 Å². The lowest BCUT2D eigenvalue weighted by molar-refractivity contribution is 0.102. The molecule has 0 unspecified atom stereocenters. The van der Waals surface area contributed by atoms with E-state index in [2.05, 4.69) is 10.3 Å². The quantitative estimate of drug-likeness (QED) is 0.720. The number of nitrogens with one attached hydrogen (secondary N) is 2. The number of benzene rings is 1. The van der Waals surface area contributed by atoms with Gasteiger partial charge in [0.05, 0.1) is 10.2 Å². The Labute approximate surface area is 119 Å². The van der Waals surface area contributed by atoms with Crippen molar-refractivity contribution >= 4 is 44.7 Å². The van der Waals surface area contributed by atoms with Gasteiger partial charge in [-0.3, -0.25) is 4.79 Å². The number of fused-ring (bicyclic) bond motifs is 1. The highest BCUT2D eigenvalue weighted by Crippen LogP contribution is 2.26. The van der Waals surface area contributed by atoms with Crippen molar-refractivity contribution in [2.75, 3.05) is 5.32 Å². The molecule has 0 saturated carbocycles. The monoisotopic (exact) mass is 290 g/mol. The van der Waals surface area contributed by atoms with Crippen molar-refractivity contribution in [2.24, 2.45) is 0 Å². The first-order chi connectivity index (χ1) is 9.11.